The van der Waals surface area contributed by atoms with E-state index in [0.29, 0.717) is 12.2 Å². The topological polar surface area (TPSA) is 113 Å². The molecule has 1 heterocycles. The molecule has 1 N–H and O–H groups in total. The number of hydrogen-bond donors (Lipinski definition) is 1. The highest BCUT2D eigenvalue weighted by Crippen LogP contribution is 2.29. The summed E-state index contributed by atoms with van der Waals surface area (Å²) < 4.78 is 33.9. The minimum atomic E-state index is -4.06. The number of benzene rings is 4. The van der Waals surface area contributed by atoms with Crippen LogP contribution in [0.15, 0.2) is 89.8 Å². The molecule has 9 nitrogen and oxygen atoms in total. The van der Waals surface area contributed by atoms with E-state index in [1.165, 1.54) is 23.2 Å². The van der Waals surface area contributed by atoms with E-state index in [1.54, 1.807) is 37.3 Å². The molecule has 0 bridgehead atoms. The fourth-order valence-corrected chi connectivity index (χ4v) is 7.07. The lowest BCUT2D eigenvalue weighted by Gasteiger charge is -2.38. The molecule has 1 aliphatic heterocycles. The van der Waals surface area contributed by atoms with Crippen LogP contribution >= 0.6 is 0 Å². The summed E-state index contributed by atoms with van der Waals surface area (Å²) >= 11 is 0. The van der Waals surface area contributed by atoms with Gasteiger partial charge in [-0.05, 0) is 59.7 Å². The van der Waals surface area contributed by atoms with E-state index < -0.39 is 45.7 Å². The molecule has 0 saturated carbocycles. The van der Waals surface area contributed by atoms with E-state index in [1.807, 2.05) is 54.6 Å². The molecule has 1 amide bonds. The molecule has 4 aromatic rings. The van der Waals surface area contributed by atoms with Crippen LogP contribution < -0.4 is 10.2 Å². The second kappa shape index (κ2) is 12.0. The Morgan fingerprint density at radius 3 is 2.12 bits per heavy atom. The molecule has 5 rings (SSSR count). The summed E-state index contributed by atoms with van der Waals surface area (Å²) in [6.45, 7) is 3.54. The Labute approximate surface area is 245 Å². The maximum Gasteiger partial charge on any atom is 0.317 e. The first-order chi connectivity index (χ1) is 20.1. The number of Topliss-reactive ketones (excluding diaryl/α,β-unsaturated/α-hetero) is 1. The number of methoxy groups -OCH3 is 1. The van der Waals surface area contributed by atoms with Crippen LogP contribution in [0.2, 0.25) is 0 Å². The van der Waals surface area contributed by atoms with Crippen LogP contribution in [0.4, 0.5) is 5.69 Å². The van der Waals surface area contributed by atoms with Gasteiger partial charge in [0.2, 0.25) is 15.9 Å². The van der Waals surface area contributed by atoms with Crippen molar-refractivity contribution in [2.24, 2.45) is 5.92 Å². The van der Waals surface area contributed by atoms with Crippen LogP contribution in [-0.4, -0.2) is 69.2 Å². The molecule has 4 aromatic carbocycles. The summed E-state index contributed by atoms with van der Waals surface area (Å²) in [5.41, 5.74) is 0.419. The SMILES string of the molecule is COC(=O)C(C)C(=O)N(c1ccc2ccccc2c1)C(C)C(=O)C1CNCCN1S(=O)(=O)c1ccc2ccccc2c1. The average molecular weight is 588 g/mol. The fraction of sp³-hybridized carbons (Fsp3) is 0.281. The van der Waals surface area contributed by atoms with Gasteiger partial charge in [-0.3, -0.25) is 14.4 Å². The van der Waals surface area contributed by atoms with Gasteiger partial charge < -0.3 is 15.0 Å². The molecular weight excluding hydrogens is 554 g/mol. The third-order valence-corrected chi connectivity index (χ3v) is 9.73. The maximum absolute atomic E-state index is 14.2. The number of carbonyl (C=O) groups excluding carboxylic acids is 3. The summed E-state index contributed by atoms with van der Waals surface area (Å²) in [6.07, 6.45) is 0. The zero-order chi connectivity index (χ0) is 30.0. The molecule has 3 atom stereocenters. The van der Waals surface area contributed by atoms with Crippen molar-refractivity contribution < 1.29 is 27.5 Å². The number of anilines is 1. The van der Waals surface area contributed by atoms with Crippen molar-refractivity contribution in [3.8, 4) is 0 Å². The highest BCUT2D eigenvalue weighted by Gasteiger charge is 2.42. The van der Waals surface area contributed by atoms with Crippen LogP contribution in [-0.2, 0) is 29.1 Å². The first kappa shape index (κ1) is 29.4. The number of piperazine rings is 1. The number of esters is 1. The number of fused-ring (bicyclic) bond motifs is 2. The Morgan fingerprint density at radius 2 is 1.48 bits per heavy atom. The van der Waals surface area contributed by atoms with Crippen LogP contribution in [0.1, 0.15) is 13.8 Å². The van der Waals surface area contributed by atoms with Gasteiger partial charge >= 0.3 is 5.97 Å². The molecule has 218 valence electrons. The van der Waals surface area contributed by atoms with Crippen molar-refractivity contribution in [3.63, 3.8) is 0 Å². The second-order valence-electron chi connectivity index (χ2n) is 10.4. The monoisotopic (exact) mass is 587 g/mol. The Bertz CT molecular complexity index is 1770. The van der Waals surface area contributed by atoms with Crippen molar-refractivity contribution in [1.29, 1.82) is 0 Å². The molecule has 1 saturated heterocycles. The van der Waals surface area contributed by atoms with E-state index in [-0.39, 0.29) is 18.0 Å². The molecular formula is C32H33N3O6S. The van der Waals surface area contributed by atoms with Crippen molar-refractivity contribution in [3.05, 3.63) is 84.9 Å². The minimum Gasteiger partial charge on any atom is -0.468 e. The van der Waals surface area contributed by atoms with Gasteiger partial charge in [0.05, 0.1) is 24.1 Å². The standard InChI is InChI=1S/C32H33N3O6S/c1-21(32(38)41-3)31(37)35(27-14-12-23-8-4-6-10-25(23)18-27)22(2)30(36)29-20-33-16-17-34(29)42(39,40)28-15-13-24-9-5-7-11-26(24)19-28/h4-15,18-19,21-22,29,33H,16-17,20H2,1-3H3. The number of nitrogens with one attached hydrogen (secondary N) is 1. The highest BCUT2D eigenvalue weighted by molar-refractivity contribution is 7.89. The van der Waals surface area contributed by atoms with Gasteiger partial charge in [0.1, 0.15) is 5.92 Å². The summed E-state index contributed by atoms with van der Waals surface area (Å²) in [7, 11) is -2.86. The fourth-order valence-electron chi connectivity index (χ4n) is 5.44. The van der Waals surface area contributed by atoms with Gasteiger partial charge in [0.15, 0.2) is 5.78 Å². The second-order valence-corrected chi connectivity index (χ2v) is 12.3. The van der Waals surface area contributed by atoms with Crippen LogP contribution in [0.5, 0.6) is 0 Å². The zero-order valence-electron chi connectivity index (χ0n) is 23.7. The Morgan fingerprint density at radius 1 is 0.881 bits per heavy atom. The average Bonchev–Trinajstić information content (AvgIpc) is 3.03. The van der Waals surface area contributed by atoms with Crippen molar-refractivity contribution in [2.45, 2.75) is 30.8 Å². The van der Waals surface area contributed by atoms with E-state index in [4.69, 9.17) is 4.74 Å². The molecule has 10 heteroatoms. The van der Waals surface area contributed by atoms with Crippen molar-refractivity contribution in [1.82, 2.24) is 9.62 Å². The highest BCUT2D eigenvalue weighted by atomic mass is 32.2. The molecule has 0 aromatic heterocycles. The van der Waals surface area contributed by atoms with Crippen LogP contribution in [0, 0.1) is 5.92 Å². The van der Waals surface area contributed by atoms with E-state index >= 15 is 0 Å². The van der Waals surface area contributed by atoms with Crippen LogP contribution in [0.3, 0.4) is 0 Å². The van der Waals surface area contributed by atoms with E-state index in [9.17, 15) is 22.8 Å². The smallest absolute Gasteiger partial charge is 0.317 e. The number of nitrogens with zero attached hydrogens (tertiary/aromatic N) is 2. The lowest BCUT2D eigenvalue weighted by Crippen LogP contribution is -2.61. The van der Waals surface area contributed by atoms with Gasteiger partial charge in [-0.15, -0.1) is 0 Å². The van der Waals surface area contributed by atoms with Gasteiger partial charge in [0.25, 0.3) is 0 Å². The minimum absolute atomic E-state index is 0.0841. The predicted octanol–water partition coefficient (Wildman–Crippen LogP) is 3.76. The number of amides is 1. The van der Waals surface area contributed by atoms with E-state index in [0.717, 1.165) is 21.5 Å². The zero-order valence-corrected chi connectivity index (χ0v) is 24.5. The number of ether oxygens (including phenoxy) is 1. The summed E-state index contributed by atoms with van der Waals surface area (Å²) in [5.74, 6) is -3.00. The maximum atomic E-state index is 14.2. The third kappa shape index (κ3) is 5.53. The first-order valence-electron chi connectivity index (χ1n) is 13.8. The molecule has 42 heavy (non-hydrogen) atoms. The van der Waals surface area contributed by atoms with Crippen molar-refractivity contribution >= 4 is 54.9 Å². The third-order valence-electron chi connectivity index (χ3n) is 7.82. The first-order valence-corrected chi connectivity index (χ1v) is 15.2. The van der Waals surface area contributed by atoms with Crippen molar-refractivity contribution in [2.75, 3.05) is 31.6 Å². The van der Waals surface area contributed by atoms with Crippen LogP contribution in [0.25, 0.3) is 21.5 Å². The Kier molecular flexibility index (Phi) is 8.40. The van der Waals surface area contributed by atoms with E-state index in [2.05, 4.69) is 5.32 Å². The Hall–Kier alpha value is -4.12. The molecule has 1 aliphatic rings. The predicted molar refractivity (Wildman–Crippen MR) is 162 cm³/mol. The van der Waals surface area contributed by atoms with Gasteiger partial charge in [0, 0.05) is 25.3 Å². The molecule has 3 unspecified atom stereocenters. The summed E-state index contributed by atoms with van der Waals surface area (Å²) in [5, 5.41) is 6.60. The molecule has 0 aliphatic carbocycles. The number of rotatable bonds is 8. The lowest BCUT2D eigenvalue weighted by molar-refractivity contribution is -0.149. The molecule has 0 spiro atoms. The van der Waals surface area contributed by atoms with Gasteiger partial charge in [-0.25, -0.2) is 8.42 Å². The molecule has 0 radical (unpaired) electrons. The Balaban J connectivity index is 1.52. The van der Waals surface area contributed by atoms with Gasteiger partial charge in [-0.1, -0.05) is 60.7 Å². The quantitative estimate of drug-likeness (QED) is 0.247. The van der Waals surface area contributed by atoms with Gasteiger partial charge in [-0.2, -0.15) is 4.31 Å². The number of hydrogen-bond acceptors (Lipinski definition) is 7. The lowest BCUT2D eigenvalue weighted by atomic mass is 10.00. The number of carbonyl (C=O) groups is 3. The largest absolute Gasteiger partial charge is 0.468 e. The summed E-state index contributed by atoms with van der Waals surface area (Å²) in [6, 6.07) is 23.1. The number of ketones is 1. The summed E-state index contributed by atoms with van der Waals surface area (Å²) in [4.78, 5) is 41.7. The molecule has 1 fully saturated rings. The normalized spacial score (nSPS) is 17.5. The number of sulfonamides is 1.